The van der Waals surface area contributed by atoms with Crippen molar-refractivity contribution in [1.82, 2.24) is 0 Å². The summed E-state index contributed by atoms with van der Waals surface area (Å²) in [6.45, 7) is 2.22. The van der Waals surface area contributed by atoms with Gasteiger partial charge in [0.2, 0.25) is 0 Å². The molecular formula is C20H32O2. The Bertz CT molecular complexity index is 362. The molecule has 0 aliphatic carbocycles. The molecule has 0 unspecified atom stereocenters. The van der Waals surface area contributed by atoms with E-state index in [1.165, 1.54) is 26.4 Å². The van der Waals surface area contributed by atoms with E-state index in [1.54, 1.807) is 0 Å². The van der Waals surface area contributed by atoms with Crippen molar-refractivity contribution in [3.8, 4) is 0 Å². The molecule has 0 amide bonds. The highest BCUT2D eigenvalue weighted by Crippen LogP contribution is 2.00. The van der Waals surface area contributed by atoms with E-state index in [2.05, 4.69) is 60.3 Å². The number of hydrogen-bond donors (Lipinski definition) is 0. The number of allylic oxidation sites excluding steroid dienone is 8. The predicted molar refractivity (Wildman–Crippen MR) is 95.8 cm³/mol. The Labute approximate surface area is 136 Å². The molecular weight excluding hydrogens is 272 g/mol. The van der Waals surface area contributed by atoms with E-state index >= 15 is 0 Å². The van der Waals surface area contributed by atoms with Crippen LogP contribution < -0.4 is 0 Å². The third-order valence-corrected chi connectivity index (χ3v) is 3.19. The van der Waals surface area contributed by atoms with Crippen LogP contribution in [0.25, 0.3) is 0 Å². The summed E-state index contributed by atoms with van der Waals surface area (Å²) in [5.74, 6) is -0.125. The molecule has 0 aliphatic heterocycles. The molecule has 2 heteroatoms. The van der Waals surface area contributed by atoms with Crippen LogP contribution in [0.2, 0.25) is 0 Å². The van der Waals surface area contributed by atoms with Gasteiger partial charge in [0.05, 0.1) is 7.11 Å². The molecule has 0 fully saturated rings. The third kappa shape index (κ3) is 16.5. The van der Waals surface area contributed by atoms with Gasteiger partial charge in [0, 0.05) is 6.42 Å². The summed E-state index contributed by atoms with van der Waals surface area (Å²) in [5.41, 5.74) is 0. The molecule has 0 radical (unpaired) electrons. The molecule has 124 valence electrons. The molecule has 0 saturated carbocycles. The van der Waals surface area contributed by atoms with Gasteiger partial charge in [0.15, 0.2) is 0 Å². The van der Waals surface area contributed by atoms with Gasteiger partial charge in [-0.3, -0.25) is 4.79 Å². The van der Waals surface area contributed by atoms with Crippen molar-refractivity contribution in [3.63, 3.8) is 0 Å². The van der Waals surface area contributed by atoms with Gasteiger partial charge in [-0.1, -0.05) is 68.4 Å². The first-order valence-electron chi connectivity index (χ1n) is 8.48. The van der Waals surface area contributed by atoms with Crippen LogP contribution in [0.5, 0.6) is 0 Å². The second-order valence-electron chi connectivity index (χ2n) is 5.20. The lowest BCUT2D eigenvalue weighted by Crippen LogP contribution is -1.98. The van der Waals surface area contributed by atoms with E-state index in [9.17, 15) is 4.79 Å². The lowest BCUT2D eigenvalue weighted by molar-refractivity contribution is -0.140. The molecule has 0 aromatic heterocycles. The molecule has 0 N–H and O–H groups in total. The first-order chi connectivity index (χ1) is 10.8. The highest BCUT2D eigenvalue weighted by Gasteiger charge is 1.96. The van der Waals surface area contributed by atoms with Gasteiger partial charge >= 0.3 is 5.97 Å². The summed E-state index contributed by atoms with van der Waals surface area (Å²) < 4.78 is 4.59. The lowest BCUT2D eigenvalue weighted by Gasteiger charge is -1.95. The first-order valence-corrected chi connectivity index (χ1v) is 8.48. The Balaban J connectivity index is 3.43. The minimum Gasteiger partial charge on any atom is -0.469 e. The Hall–Kier alpha value is -1.57. The van der Waals surface area contributed by atoms with Crippen LogP contribution in [0.4, 0.5) is 0 Å². The van der Waals surface area contributed by atoms with E-state index in [-0.39, 0.29) is 5.97 Å². The number of carbonyl (C=O) groups is 1. The fourth-order valence-electron chi connectivity index (χ4n) is 1.84. The predicted octanol–water partition coefficient (Wildman–Crippen LogP) is 5.92. The van der Waals surface area contributed by atoms with Gasteiger partial charge < -0.3 is 4.74 Å². The topological polar surface area (TPSA) is 26.3 Å². The molecule has 0 rings (SSSR count). The smallest absolute Gasteiger partial charge is 0.305 e. The summed E-state index contributed by atoms with van der Waals surface area (Å²) in [5, 5.41) is 0. The quantitative estimate of drug-likeness (QED) is 0.240. The number of rotatable bonds is 13. The number of esters is 1. The Morgan fingerprint density at radius 2 is 1.23 bits per heavy atom. The Kier molecular flexibility index (Phi) is 16.2. The molecule has 0 aliphatic rings. The monoisotopic (exact) mass is 304 g/mol. The fourth-order valence-corrected chi connectivity index (χ4v) is 1.84. The van der Waals surface area contributed by atoms with Gasteiger partial charge in [0.25, 0.3) is 0 Å². The van der Waals surface area contributed by atoms with Gasteiger partial charge in [-0.15, -0.1) is 0 Å². The van der Waals surface area contributed by atoms with Crippen LogP contribution in [-0.4, -0.2) is 13.1 Å². The van der Waals surface area contributed by atoms with Crippen LogP contribution in [0.15, 0.2) is 48.6 Å². The van der Waals surface area contributed by atoms with Crippen LogP contribution in [0.3, 0.4) is 0 Å². The molecule has 0 heterocycles. The summed E-state index contributed by atoms with van der Waals surface area (Å²) in [6.07, 6.45) is 26.7. The summed E-state index contributed by atoms with van der Waals surface area (Å²) in [7, 11) is 1.43. The first kappa shape index (κ1) is 20.4. The SMILES string of the molecule is CCCCC=CCC=CCC=CC/C=C\CCCC(=O)OC. The molecule has 0 atom stereocenters. The molecule has 22 heavy (non-hydrogen) atoms. The molecule has 0 saturated heterocycles. The van der Waals surface area contributed by atoms with Crippen molar-refractivity contribution < 1.29 is 9.53 Å². The summed E-state index contributed by atoms with van der Waals surface area (Å²) in [4.78, 5) is 10.9. The number of carbonyl (C=O) groups excluding carboxylic acids is 1. The van der Waals surface area contributed by atoms with Gasteiger partial charge in [-0.2, -0.15) is 0 Å². The van der Waals surface area contributed by atoms with E-state index in [0.29, 0.717) is 6.42 Å². The summed E-state index contributed by atoms with van der Waals surface area (Å²) in [6, 6.07) is 0. The molecule has 0 aromatic rings. The fraction of sp³-hybridized carbons (Fsp3) is 0.550. The van der Waals surface area contributed by atoms with Crippen LogP contribution in [0.1, 0.15) is 64.7 Å². The van der Waals surface area contributed by atoms with Crippen molar-refractivity contribution in [2.24, 2.45) is 0 Å². The number of unbranched alkanes of at least 4 members (excludes halogenated alkanes) is 3. The second kappa shape index (κ2) is 17.5. The molecule has 2 nitrogen and oxygen atoms in total. The van der Waals surface area contributed by atoms with Crippen LogP contribution in [0, 0.1) is 0 Å². The average molecular weight is 304 g/mol. The number of hydrogen-bond acceptors (Lipinski definition) is 2. The van der Waals surface area contributed by atoms with E-state index in [4.69, 9.17) is 0 Å². The van der Waals surface area contributed by atoms with E-state index in [0.717, 1.165) is 32.1 Å². The lowest BCUT2D eigenvalue weighted by atomic mass is 10.2. The largest absolute Gasteiger partial charge is 0.469 e. The minimum absolute atomic E-state index is 0.125. The maximum absolute atomic E-state index is 10.9. The molecule has 0 spiro atoms. The minimum atomic E-state index is -0.125. The van der Waals surface area contributed by atoms with Crippen molar-refractivity contribution in [1.29, 1.82) is 0 Å². The van der Waals surface area contributed by atoms with E-state index < -0.39 is 0 Å². The zero-order valence-corrected chi connectivity index (χ0v) is 14.3. The maximum atomic E-state index is 10.9. The summed E-state index contributed by atoms with van der Waals surface area (Å²) >= 11 is 0. The van der Waals surface area contributed by atoms with Gasteiger partial charge in [-0.05, 0) is 38.5 Å². The standard InChI is InChI=1S/C20H32O2/c1-3-4-5-6-7-8-9-10-11-12-13-14-15-16-17-18-19-20(21)22-2/h6-7,9-10,12-13,15-16H,3-5,8,11,14,17-19H2,1-2H3/b7-6?,10-9?,13-12?,16-15-. The van der Waals surface area contributed by atoms with Gasteiger partial charge in [0.1, 0.15) is 0 Å². The highest BCUT2D eigenvalue weighted by atomic mass is 16.5. The highest BCUT2D eigenvalue weighted by molar-refractivity contribution is 5.68. The number of methoxy groups -OCH3 is 1. The Morgan fingerprint density at radius 3 is 1.68 bits per heavy atom. The van der Waals surface area contributed by atoms with Crippen molar-refractivity contribution in [2.45, 2.75) is 64.7 Å². The van der Waals surface area contributed by atoms with Crippen molar-refractivity contribution in [3.05, 3.63) is 48.6 Å². The zero-order chi connectivity index (χ0) is 16.3. The zero-order valence-electron chi connectivity index (χ0n) is 14.3. The Morgan fingerprint density at radius 1 is 0.773 bits per heavy atom. The second-order valence-corrected chi connectivity index (χ2v) is 5.20. The molecule has 0 bridgehead atoms. The molecule has 0 aromatic carbocycles. The van der Waals surface area contributed by atoms with E-state index in [1.807, 2.05) is 0 Å². The van der Waals surface area contributed by atoms with Crippen molar-refractivity contribution >= 4 is 5.97 Å². The van der Waals surface area contributed by atoms with Crippen molar-refractivity contribution in [2.75, 3.05) is 7.11 Å². The average Bonchev–Trinajstić information content (AvgIpc) is 2.54. The normalized spacial score (nSPS) is 12.3. The third-order valence-electron chi connectivity index (χ3n) is 3.19. The maximum Gasteiger partial charge on any atom is 0.305 e. The number of ether oxygens (including phenoxy) is 1. The van der Waals surface area contributed by atoms with Crippen LogP contribution in [-0.2, 0) is 9.53 Å². The van der Waals surface area contributed by atoms with Gasteiger partial charge in [-0.25, -0.2) is 0 Å². The van der Waals surface area contributed by atoms with Crippen LogP contribution >= 0.6 is 0 Å².